The Kier molecular flexibility index (Phi) is 3.15. The molecule has 0 spiro atoms. The summed E-state index contributed by atoms with van der Waals surface area (Å²) in [4.78, 5) is 4.08. The number of aromatic nitrogens is 1. The van der Waals surface area contributed by atoms with Crippen molar-refractivity contribution < 1.29 is 5.11 Å². The molecule has 0 saturated heterocycles. The molecule has 0 aliphatic heterocycles. The van der Waals surface area contributed by atoms with Crippen molar-refractivity contribution >= 4 is 34.3 Å². The van der Waals surface area contributed by atoms with Gasteiger partial charge in [0.15, 0.2) is 5.11 Å². The Balaban J connectivity index is 2.45. The van der Waals surface area contributed by atoms with Crippen LogP contribution in [0.15, 0.2) is 35.6 Å². The zero-order valence-corrected chi connectivity index (χ0v) is 9.61. The maximum Gasteiger partial charge on any atom is 0.184 e. The molecular formula is C11H10N4OS. The number of pyridine rings is 1. The van der Waals surface area contributed by atoms with Gasteiger partial charge in [-0.3, -0.25) is 10.4 Å². The predicted molar refractivity (Wildman–Crippen MR) is 70.9 cm³/mol. The molecule has 1 aromatic heterocycles. The van der Waals surface area contributed by atoms with Crippen LogP contribution in [0.3, 0.4) is 0 Å². The summed E-state index contributed by atoms with van der Waals surface area (Å²) in [6.07, 6.45) is 2.88. The number of thiocarbonyl (C=S) groups is 1. The summed E-state index contributed by atoms with van der Waals surface area (Å²) in [5.41, 5.74) is 8.32. The van der Waals surface area contributed by atoms with E-state index >= 15 is 0 Å². The fourth-order valence-electron chi connectivity index (χ4n) is 1.46. The second kappa shape index (κ2) is 4.75. The van der Waals surface area contributed by atoms with Gasteiger partial charge in [-0.2, -0.15) is 5.10 Å². The summed E-state index contributed by atoms with van der Waals surface area (Å²) in [6.45, 7) is 0. The van der Waals surface area contributed by atoms with E-state index in [1.807, 2.05) is 24.3 Å². The normalized spacial score (nSPS) is 10.8. The molecule has 86 valence electrons. The summed E-state index contributed by atoms with van der Waals surface area (Å²) >= 11 is 4.62. The fraction of sp³-hybridized carbons (Fsp3) is 0. The van der Waals surface area contributed by atoms with Gasteiger partial charge in [-0.1, -0.05) is 24.3 Å². The molecule has 1 heterocycles. The molecule has 0 saturated carbocycles. The lowest BCUT2D eigenvalue weighted by molar-refractivity contribution is 0.479. The average molecular weight is 246 g/mol. The van der Waals surface area contributed by atoms with Crippen LogP contribution in [-0.4, -0.2) is 21.4 Å². The molecule has 0 unspecified atom stereocenters. The minimum Gasteiger partial charge on any atom is -0.506 e. The molecule has 6 heteroatoms. The molecule has 1 aromatic carbocycles. The van der Waals surface area contributed by atoms with Crippen molar-refractivity contribution in [1.29, 1.82) is 0 Å². The van der Waals surface area contributed by atoms with Crippen LogP contribution in [0.4, 0.5) is 0 Å². The lowest BCUT2D eigenvalue weighted by Gasteiger charge is -2.03. The first kappa shape index (κ1) is 11.3. The van der Waals surface area contributed by atoms with E-state index in [9.17, 15) is 5.11 Å². The first-order valence-electron chi connectivity index (χ1n) is 4.83. The Labute approximate surface area is 103 Å². The maximum atomic E-state index is 9.65. The van der Waals surface area contributed by atoms with Crippen LogP contribution >= 0.6 is 12.2 Å². The van der Waals surface area contributed by atoms with Gasteiger partial charge in [0.1, 0.15) is 5.75 Å². The van der Waals surface area contributed by atoms with Crippen molar-refractivity contribution in [2.24, 2.45) is 10.8 Å². The summed E-state index contributed by atoms with van der Waals surface area (Å²) in [7, 11) is 0. The lowest BCUT2D eigenvalue weighted by Crippen LogP contribution is -2.24. The van der Waals surface area contributed by atoms with E-state index in [0.29, 0.717) is 5.69 Å². The molecule has 5 nitrogen and oxygen atoms in total. The monoisotopic (exact) mass is 246 g/mol. The van der Waals surface area contributed by atoms with Crippen molar-refractivity contribution in [3.8, 4) is 5.75 Å². The molecule has 0 bridgehead atoms. The van der Waals surface area contributed by atoms with Crippen LogP contribution < -0.4 is 11.2 Å². The van der Waals surface area contributed by atoms with Crippen LogP contribution in [0.5, 0.6) is 5.75 Å². The SMILES string of the molecule is NC(=S)N/N=C/c1ncc(O)c2ccccc12. The third kappa shape index (κ3) is 2.48. The van der Waals surface area contributed by atoms with E-state index < -0.39 is 0 Å². The minimum absolute atomic E-state index is 0.0873. The summed E-state index contributed by atoms with van der Waals surface area (Å²) < 4.78 is 0. The highest BCUT2D eigenvalue weighted by molar-refractivity contribution is 7.80. The van der Waals surface area contributed by atoms with Crippen molar-refractivity contribution in [3.63, 3.8) is 0 Å². The number of hydrazone groups is 1. The molecule has 2 aromatic rings. The van der Waals surface area contributed by atoms with Gasteiger partial charge in [-0.05, 0) is 12.2 Å². The standard InChI is InChI=1S/C11H10N4OS/c12-11(17)15-14-5-9-7-3-1-2-4-8(7)10(16)6-13-9/h1-6,16H,(H3,12,15,17)/b14-5+. The van der Waals surface area contributed by atoms with Crippen molar-refractivity contribution in [1.82, 2.24) is 10.4 Å². The Morgan fingerprint density at radius 2 is 2.12 bits per heavy atom. The number of hydrogen-bond acceptors (Lipinski definition) is 4. The second-order valence-electron chi connectivity index (χ2n) is 3.31. The number of rotatable bonds is 2. The van der Waals surface area contributed by atoms with Crippen LogP contribution in [0.1, 0.15) is 5.69 Å². The number of nitrogens with two attached hydrogens (primary N) is 1. The number of hydrogen-bond donors (Lipinski definition) is 3. The van der Waals surface area contributed by atoms with Gasteiger partial charge in [0.2, 0.25) is 0 Å². The fourth-order valence-corrected chi connectivity index (χ4v) is 1.51. The van der Waals surface area contributed by atoms with E-state index in [2.05, 4.69) is 27.7 Å². The van der Waals surface area contributed by atoms with Gasteiger partial charge < -0.3 is 10.8 Å². The van der Waals surface area contributed by atoms with Crippen LogP contribution in [0.2, 0.25) is 0 Å². The van der Waals surface area contributed by atoms with E-state index in [0.717, 1.165) is 10.8 Å². The van der Waals surface area contributed by atoms with Gasteiger partial charge in [0.25, 0.3) is 0 Å². The molecule has 0 aliphatic carbocycles. The number of nitrogens with zero attached hydrogens (tertiary/aromatic N) is 2. The van der Waals surface area contributed by atoms with Gasteiger partial charge in [-0.25, -0.2) is 0 Å². The van der Waals surface area contributed by atoms with Gasteiger partial charge >= 0.3 is 0 Å². The Hall–Kier alpha value is -2.21. The molecular weight excluding hydrogens is 236 g/mol. The molecule has 2 rings (SSSR count). The molecule has 0 amide bonds. The topological polar surface area (TPSA) is 83.5 Å². The largest absolute Gasteiger partial charge is 0.506 e. The number of aromatic hydroxyl groups is 1. The lowest BCUT2D eigenvalue weighted by atomic mass is 10.1. The Bertz CT molecular complexity index is 597. The Morgan fingerprint density at radius 3 is 2.82 bits per heavy atom. The highest BCUT2D eigenvalue weighted by atomic mass is 32.1. The van der Waals surface area contributed by atoms with Crippen molar-refractivity contribution in [3.05, 3.63) is 36.2 Å². The van der Waals surface area contributed by atoms with Crippen LogP contribution in [-0.2, 0) is 0 Å². The molecule has 0 radical (unpaired) electrons. The number of nitrogens with one attached hydrogen (secondary N) is 1. The van der Waals surface area contributed by atoms with Gasteiger partial charge in [0.05, 0.1) is 18.1 Å². The third-order valence-electron chi connectivity index (χ3n) is 2.17. The molecule has 0 atom stereocenters. The smallest absolute Gasteiger partial charge is 0.184 e. The zero-order chi connectivity index (χ0) is 12.3. The zero-order valence-electron chi connectivity index (χ0n) is 8.79. The van der Waals surface area contributed by atoms with Gasteiger partial charge in [-0.15, -0.1) is 0 Å². The summed E-state index contributed by atoms with van der Waals surface area (Å²) in [5, 5.41) is 15.1. The third-order valence-corrected chi connectivity index (χ3v) is 2.26. The number of benzene rings is 1. The maximum absolute atomic E-state index is 9.65. The van der Waals surface area contributed by atoms with E-state index in [1.165, 1.54) is 12.4 Å². The van der Waals surface area contributed by atoms with Crippen molar-refractivity contribution in [2.75, 3.05) is 0 Å². The van der Waals surface area contributed by atoms with Crippen LogP contribution in [0.25, 0.3) is 10.8 Å². The Morgan fingerprint density at radius 1 is 1.41 bits per heavy atom. The first-order chi connectivity index (χ1) is 8.18. The molecule has 4 N–H and O–H groups in total. The minimum atomic E-state index is 0.0873. The van der Waals surface area contributed by atoms with Crippen LogP contribution in [0, 0.1) is 0 Å². The van der Waals surface area contributed by atoms with E-state index in [-0.39, 0.29) is 10.9 Å². The highest BCUT2D eigenvalue weighted by Crippen LogP contribution is 2.24. The first-order valence-corrected chi connectivity index (χ1v) is 5.24. The van der Waals surface area contributed by atoms with Gasteiger partial charge in [0, 0.05) is 10.8 Å². The second-order valence-corrected chi connectivity index (χ2v) is 3.75. The van der Waals surface area contributed by atoms with E-state index in [4.69, 9.17) is 5.73 Å². The summed E-state index contributed by atoms with van der Waals surface area (Å²) in [5.74, 6) is 0.139. The average Bonchev–Trinajstić information content (AvgIpc) is 2.32. The number of fused-ring (bicyclic) bond motifs is 1. The predicted octanol–water partition coefficient (Wildman–Crippen LogP) is 1.11. The highest BCUT2D eigenvalue weighted by Gasteiger charge is 2.03. The molecule has 17 heavy (non-hydrogen) atoms. The molecule has 0 aliphatic rings. The molecule has 0 fully saturated rings. The quantitative estimate of drug-likeness (QED) is 0.420. The van der Waals surface area contributed by atoms with Crippen molar-refractivity contribution in [2.45, 2.75) is 0 Å². The summed E-state index contributed by atoms with van der Waals surface area (Å²) in [6, 6.07) is 7.37. The van der Waals surface area contributed by atoms with E-state index in [1.54, 1.807) is 0 Å².